The lowest BCUT2D eigenvalue weighted by Gasteiger charge is -2.19. The first kappa shape index (κ1) is 14.0. The second-order valence-electron chi connectivity index (χ2n) is 4.90. The maximum Gasteiger partial charge on any atom is 0.342 e. The summed E-state index contributed by atoms with van der Waals surface area (Å²) in [4.78, 5) is 27.3. The van der Waals surface area contributed by atoms with Crippen molar-refractivity contribution in [2.75, 3.05) is 5.43 Å². The van der Waals surface area contributed by atoms with Crippen molar-refractivity contribution in [3.05, 3.63) is 58.3 Å². The van der Waals surface area contributed by atoms with Crippen LogP contribution in [0.4, 0.5) is 5.69 Å². The smallest absolute Gasteiger partial charge is 0.342 e. The number of hydrogen-bond acceptors (Lipinski definition) is 5. The van der Waals surface area contributed by atoms with E-state index in [-0.39, 0.29) is 5.56 Å². The first-order valence-corrected chi connectivity index (χ1v) is 6.88. The van der Waals surface area contributed by atoms with Gasteiger partial charge in [0.25, 0.3) is 5.56 Å². The first-order valence-electron chi connectivity index (χ1n) is 6.88. The zero-order chi connectivity index (χ0) is 15.5. The third-order valence-electron chi connectivity index (χ3n) is 3.42. The van der Waals surface area contributed by atoms with E-state index in [1.54, 1.807) is 0 Å². The van der Waals surface area contributed by atoms with Gasteiger partial charge in [-0.05, 0) is 25.0 Å². The lowest BCUT2D eigenvalue weighted by Crippen LogP contribution is -2.35. The number of nitrogens with zero attached hydrogens (tertiary/aromatic N) is 3. The third kappa shape index (κ3) is 2.60. The van der Waals surface area contributed by atoms with Gasteiger partial charge in [-0.25, -0.2) is 9.78 Å². The molecule has 22 heavy (non-hydrogen) atoms. The van der Waals surface area contributed by atoms with Gasteiger partial charge in [0.2, 0.25) is 0 Å². The van der Waals surface area contributed by atoms with Gasteiger partial charge >= 0.3 is 5.97 Å². The molecule has 0 saturated carbocycles. The van der Waals surface area contributed by atoms with Crippen LogP contribution in [0.2, 0.25) is 0 Å². The van der Waals surface area contributed by atoms with E-state index in [0.717, 1.165) is 11.9 Å². The summed E-state index contributed by atoms with van der Waals surface area (Å²) in [7, 11) is 0. The Hall–Kier alpha value is -2.96. The average Bonchev–Trinajstić information content (AvgIpc) is 2.54. The number of carboxylic acids is 1. The van der Waals surface area contributed by atoms with Crippen molar-refractivity contribution in [2.45, 2.75) is 19.4 Å². The van der Waals surface area contributed by atoms with Crippen LogP contribution < -0.4 is 11.0 Å². The molecule has 2 heterocycles. The SMILES string of the molecule is O=C(O)c1cnc2n(c1=O)CCC/C2=N/Nc1ccccc1. The zero-order valence-corrected chi connectivity index (χ0v) is 11.7. The lowest BCUT2D eigenvalue weighted by molar-refractivity contribution is 0.0693. The van der Waals surface area contributed by atoms with Crippen LogP contribution >= 0.6 is 0 Å². The summed E-state index contributed by atoms with van der Waals surface area (Å²) in [5.41, 5.74) is 3.55. The Balaban J connectivity index is 1.97. The number of nitrogens with one attached hydrogen (secondary N) is 1. The van der Waals surface area contributed by atoms with E-state index in [2.05, 4.69) is 15.5 Å². The first-order chi connectivity index (χ1) is 10.7. The molecule has 0 spiro atoms. The number of aromatic carboxylic acids is 1. The molecule has 3 rings (SSSR count). The summed E-state index contributed by atoms with van der Waals surface area (Å²) in [5, 5.41) is 13.3. The minimum atomic E-state index is -1.26. The molecule has 0 unspecified atom stereocenters. The predicted molar refractivity (Wildman–Crippen MR) is 81.3 cm³/mol. The molecule has 112 valence electrons. The molecule has 0 radical (unpaired) electrons. The molecule has 0 fully saturated rings. The Morgan fingerprint density at radius 2 is 2.09 bits per heavy atom. The molecule has 1 aliphatic heterocycles. The molecule has 7 nitrogen and oxygen atoms in total. The Kier molecular flexibility index (Phi) is 3.69. The number of anilines is 1. The Labute approximate surface area is 125 Å². The van der Waals surface area contributed by atoms with E-state index in [0.29, 0.717) is 30.9 Å². The number of para-hydroxylation sites is 1. The van der Waals surface area contributed by atoms with Crippen LogP contribution in [0.1, 0.15) is 29.0 Å². The minimum absolute atomic E-state index is 0.319. The zero-order valence-electron chi connectivity index (χ0n) is 11.7. The van der Waals surface area contributed by atoms with Gasteiger partial charge in [0, 0.05) is 12.7 Å². The van der Waals surface area contributed by atoms with Crippen molar-refractivity contribution in [1.29, 1.82) is 0 Å². The average molecular weight is 298 g/mol. The van der Waals surface area contributed by atoms with Crippen molar-refractivity contribution in [2.24, 2.45) is 5.10 Å². The highest BCUT2D eigenvalue weighted by Crippen LogP contribution is 2.13. The fourth-order valence-electron chi connectivity index (χ4n) is 2.34. The van der Waals surface area contributed by atoms with Crippen molar-refractivity contribution < 1.29 is 9.90 Å². The Bertz CT molecular complexity index is 796. The maximum absolute atomic E-state index is 12.1. The number of hydrogen-bond donors (Lipinski definition) is 2. The highest BCUT2D eigenvalue weighted by Gasteiger charge is 2.22. The largest absolute Gasteiger partial charge is 0.477 e. The molecule has 7 heteroatoms. The molecular weight excluding hydrogens is 284 g/mol. The molecule has 0 saturated heterocycles. The van der Waals surface area contributed by atoms with Crippen molar-refractivity contribution in [1.82, 2.24) is 9.55 Å². The topological polar surface area (TPSA) is 96.6 Å². The van der Waals surface area contributed by atoms with Gasteiger partial charge in [-0.3, -0.25) is 14.8 Å². The van der Waals surface area contributed by atoms with Crippen molar-refractivity contribution >= 4 is 17.4 Å². The molecule has 0 bridgehead atoms. The van der Waals surface area contributed by atoms with Crippen LogP contribution in [-0.4, -0.2) is 26.3 Å². The van der Waals surface area contributed by atoms with E-state index in [4.69, 9.17) is 5.11 Å². The normalized spacial score (nSPS) is 15.4. The maximum atomic E-state index is 12.1. The van der Waals surface area contributed by atoms with Crippen molar-refractivity contribution in [3.8, 4) is 0 Å². The minimum Gasteiger partial charge on any atom is -0.477 e. The van der Waals surface area contributed by atoms with Crippen molar-refractivity contribution in [3.63, 3.8) is 0 Å². The van der Waals surface area contributed by atoms with Crippen LogP contribution in [0.3, 0.4) is 0 Å². The molecule has 1 aliphatic rings. The molecule has 0 aliphatic carbocycles. The second kappa shape index (κ2) is 5.80. The molecule has 1 aromatic carbocycles. The highest BCUT2D eigenvalue weighted by molar-refractivity contribution is 5.99. The standard InChI is InChI=1S/C15H14N4O3/c20-14-11(15(21)22)9-16-13-12(7-4-8-19(13)14)18-17-10-5-2-1-3-6-10/h1-3,5-6,9,17H,4,7-8H2,(H,21,22)/b18-12-. The van der Waals surface area contributed by atoms with Gasteiger partial charge in [-0.2, -0.15) is 5.10 Å². The summed E-state index contributed by atoms with van der Waals surface area (Å²) >= 11 is 0. The second-order valence-corrected chi connectivity index (χ2v) is 4.90. The Morgan fingerprint density at radius 3 is 2.82 bits per heavy atom. The van der Waals surface area contributed by atoms with Crippen LogP contribution in [0.25, 0.3) is 0 Å². The number of aromatic nitrogens is 2. The van der Waals surface area contributed by atoms with E-state index < -0.39 is 11.5 Å². The van der Waals surface area contributed by atoms with E-state index in [1.165, 1.54) is 4.57 Å². The predicted octanol–water partition coefficient (Wildman–Crippen LogP) is 1.55. The molecule has 0 atom stereocenters. The van der Waals surface area contributed by atoms with Crippen LogP contribution in [0.15, 0.2) is 46.4 Å². The van der Waals surface area contributed by atoms with Gasteiger partial charge in [0.1, 0.15) is 11.3 Å². The summed E-state index contributed by atoms with van der Waals surface area (Å²) in [6.45, 7) is 0.451. The van der Waals surface area contributed by atoms with Gasteiger partial charge in [-0.1, -0.05) is 18.2 Å². The number of carbonyl (C=O) groups is 1. The highest BCUT2D eigenvalue weighted by atomic mass is 16.4. The van der Waals surface area contributed by atoms with Crippen LogP contribution in [0, 0.1) is 0 Å². The van der Waals surface area contributed by atoms with Crippen LogP contribution in [-0.2, 0) is 6.54 Å². The van der Waals surface area contributed by atoms with Gasteiger partial charge < -0.3 is 5.11 Å². The van der Waals surface area contributed by atoms with E-state index in [1.807, 2.05) is 30.3 Å². The number of benzene rings is 1. The van der Waals surface area contributed by atoms with Crippen LogP contribution in [0.5, 0.6) is 0 Å². The molecule has 0 amide bonds. The monoisotopic (exact) mass is 298 g/mol. The summed E-state index contributed by atoms with van der Waals surface area (Å²) in [6, 6.07) is 9.43. The molecular formula is C15H14N4O3. The molecule has 1 aromatic heterocycles. The van der Waals surface area contributed by atoms with Gasteiger partial charge in [-0.15, -0.1) is 0 Å². The fraction of sp³-hybridized carbons (Fsp3) is 0.200. The summed E-state index contributed by atoms with van der Waals surface area (Å²) < 4.78 is 1.37. The quantitative estimate of drug-likeness (QED) is 0.838. The number of carboxylic acid groups (broad SMARTS) is 1. The lowest BCUT2D eigenvalue weighted by atomic mass is 10.1. The third-order valence-corrected chi connectivity index (χ3v) is 3.42. The molecule has 2 N–H and O–H groups in total. The molecule has 2 aromatic rings. The number of hydrazone groups is 1. The number of rotatable bonds is 3. The van der Waals surface area contributed by atoms with Gasteiger partial charge in [0.05, 0.1) is 5.69 Å². The number of fused-ring (bicyclic) bond motifs is 1. The fourth-order valence-corrected chi connectivity index (χ4v) is 2.34. The summed E-state index contributed by atoms with van der Waals surface area (Å²) in [5.74, 6) is -0.844. The summed E-state index contributed by atoms with van der Waals surface area (Å²) in [6.07, 6.45) is 2.49. The van der Waals surface area contributed by atoms with E-state index >= 15 is 0 Å². The van der Waals surface area contributed by atoms with Gasteiger partial charge in [0.15, 0.2) is 5.82 Å². The Morgan fingerprint density at radius 1 is 1.32 bits per heavy atom. The van der Waals surface area contributed by atoms with E-state index in [9.17, 15) is 9.59 Å².